The molecule has 0 aromatic carbocycles. The van der Waals surface area contributed by atoms with Crippen molar-refractivity contribution in [2.75, 3.05) is 38.1 Å². The second-order valence-electron chi connectivity index (χ2n) is 6.42. The van der Waals surface area contributed by atoms with Crippen LogP contribution in [0.4, 0.5) is 5.82 Å². The maximum absolute atomic E-state index is 5.34. The van der Waals surface area contributed by atoms with Crippen molar-refractivity contribution in [3.63, 3.8) is 0 Å². The van der Waals surface area contributed by atoms with E-state index in [-0.39, 0.29) is 0 Å². The van der Waals surface area contributed by atoms with Gasteiger partial charge in [-0.1, -0.05) is 6.07 Å². The molecule has 3 heterocycles. The second-order valence-corrected chi connectivity index (χ2v) is 6.42. The van der Waals surface area contributed by atoms with Crippen LogP contribution in [0.1, 0.15) is 31.2 Å². The highest BCUT2D eigenvalue weighted by Gasteiger charge is 2.22. The van der Waals surface area contributed by atoms with Gasteiger partial charge in [-0.15, -0.1) is 0 Å². The van der Waals surface area contributed by atoms with Gasteiger partial charge in [-0.3, -0.25) is 4.90 Å². The minimum Gasteiger partial charge on any atom is -0.308 e. The van der Waals surface area contributed by atoms with Crippen LogP contribution in [0.2, 0.25) is 0 Å². The summed E-state index contributed by atoms with van der Waals surface area (Å²) in [6, 6.07) is 4.05. The number of nitrogens with zero attached hydrogens (tertiary/aromatic N) is 3. The van der Waals surface area contributed by atoms with E-state index in [0.29, 0.717) is 0 Å². The number of pyridine rings is 1. The second kappa shape index (κ2) is 7.20. The number of hydrogen-bond donors (Lipinski definition) is 2. The van der Waals surface area contributed by atoms with Gasteiger partial charge in [0, 0.05) is 19.3 Å². The van der Waals surface area contributed by atoms with Crippen molar-refractivity contribution in [2.45, 2.75) is 32.2 Å². The van der Waals surface area contributed by atoms with Gasteiger partial charge in [0.25, 0.3) is 0 Å². The van der Waals surface area contributed by atoms with Crippen LogP contribution in [0.15, 0.2) is 18.3 Å². The third-order valence-electron chi connectivity index (χ3n) is 4.80. The van der Waals surface area contributed by atoms with Crippen molar-refractivity contribution in [3.8, 4) is 0 Å². The Morgan fingerprint density at radius 1 is 1.10 bits per heavy atom. The number of hydrazine groups is 1. The quantitative estimate of drug-likeness (QED) is 0.638. The first-order chi connectivity index (χ1) is 10.3. The zero-order valence-corrected chi connectivity index (χ0v) is 12.8. The number of aromatic nitrogens is 1. The molecule has 2 saturated heterocycles. The maximum Gasteiger partial charge on any atom is 0.139 e. The molecule has 0 spiro atoms. The lowest BCUT2D eigenvalue weighted by molar-refractivity contribution is 0.149. The molecule has 1 aromatic rings. The summed E-state index contributed by atoms with van der Waals surface area (Å²) in [4.78, 5) is 9.48. The van der Waals surface area contributed by atoms with Crippen molar-refractivity contribution < 1.29 is 0 Å². The standard InChI is InChI=1S/C16H27N5/c17-19-16-4-3-15(11-18-16)13-21-9-5-14(6-10-21)12-20-7-1-2-8-20/h3-4,11,14H,1-2,5-10,12-13,17H2,(H,18,19). The average molecular weight is 289 g/mol. The zero-order chi connectivity index (χ0) is 14.5. The molecule has 0 unspecified atom stereocenters. The summed E-state index contributed by atoms with van der Waals surface area (Å²) >= 11 is 0. The number of hydrogen-bond acceptors (Lipinski definition) is 5. The largest absolute Gasteiger partial charge is 0.308 e. The molecular formula is C16H27N5. The fourth-order valence-electron chi connectivity index (χ4n) is 3.52. The molecular weight excluding hydrogens is 262 g/mol. The molecule has 0 aliphatic carbocycles. The molecule has 0 bridgehead atoms. The van der Waals surface area contributed by atoms with Gasteiger partial charge in [0.05, 0.1) is 0 Å². The minimum absolute atomic E-state index is 0.725. The average Bonchev–Trinajstić information content (AvgIpc) is 3.03. The van der Waals surface area contributed by atoms with E-state index in [1.165, 1.54) is 64.0 Å². The molecule has 3 rings (SSSR count). The normalized spacial score (nSPS) is 21.8. The van der Waals surface area contributed by atoms with E-state index in [2.05, 4.69) is 26.3 Å². The Kier molecular flexibility index (Phi) is 5.06. The lowest BCUT2D eigenvalue weighted by Crippen LogP contribution is -2.37. The molecule has 0 atom stereocenters. The summed E-state index contributed by atoms with van der Waals surface area (Å²) < 4.78 is 0. The fourth-order valence-corrected chi connectivity index (χ4v) is 3.52. The zero-order valence-electron chi connectivity index (χ0n) is 12.8. The molecule has 0 saturated carbocycles. The van der Waals surface area contributed by atoms with Crippen molar-refractivity contribution in [3.05, 3.63) is 23.9 Å². The molecule has 2 aliphatic heterocycles. The van der Waals surface area contributed by atoms with E-state index >= 15 is 0 Å². The Labute approximate surface area is 127 Å². The Morgan fingerprint density at radius 2 is 1.86 bits per heavy atom. The molecule has 5 nitrogen and oxygen atoms in total. The molecule has 1 aromatic heterocycles. The molecule has 5 heteroatoms. The highest BCUT2D eigenvalue weighted by molar-refractivity contribution is 5.33. The van der Waals surface area contributed by atoms with Gasteiger partial charge in [0.15, 0.2) is 0 Å². The van der Waals surface area contributed by atoms with Crippen molar-refractivity contribution >= 4 is 5.82 Å². The van der Waals surface area contributed by atoms with Gasteiger partial charge in [0.1, 0.15) is 5.82 Å². The number of anilines is 1. The predicted molar refractivity (Wildman–Crippen MR) is 85.7 cm³/mol. The summed E-state index contributed by atoms with van der Waals surface area (Å²) in [5, 5.41) is 0. The first kappa shape index (κ1) is 14.8. The van der Waals surface area contributed by atoms with Crippen LogP contribution in [0.3, 0.4) is 0 Å². The summed E-state index contributed by atoms with van der Waals surface area (Å²) in [6.45, 7) is 7.42. The van der Waals surface area contributed by atoms with Crippen LogP contribution >= 0.6 is 0 Å². The van der Waals surface area contributed by atoms with Crippen molar-refractivity contribution in [1.82, 2.24) is 14.8 Å². The maximum atomic E-state index is 5.34. The number of nitrogens with two attached hydrogens (primary N) is 1. The Hall–Kier alpha value is -1.17. The van der Waals surface area contributed by atoms with Crippen molar-refractivity contribution in [1.29, 1.82) is 0 Å². The number of nitrogen functional groups attached to an aromatic ring is 1. The van der Waals surface area contributed by atoms with Crippen molar-refractivity contribution in [2.24, 2.45) is 11.8 Å². The SMILES string of the molecule is NNc1ccc(CN2CCC(CN3CCCC3)CC2)cn1. The molecule has 0 amide bonds. The monoisotopic (exact) mass is 289 g/mol. The predicted octanol–water partition coefficient (Wildman–Crippen LogP) is 1.67. The lowest BCUT2D eigenvalue weighted by atomic mass is 9.96. The summed E-state index contributed by atoms with van der Waals surface area (Å²) in [7, 11) is 0. The molecule has 2 fully saturated rings. The minimum atomic E-state index is 0.725. The van der Waals surface area contributed by atoms with Gasteiger partial charge in [-0.05, 0) is 69.4 Å². The van der Waals surface area contributed by atoms with E-state index in [0.717, 1.165) is 18.3 Å². The van der Waals surface area contributed by atoms with Crippen LogP contribution in [-0.4, -0.2) is 47.5 Å². The summed E-state index contributed by atoms with van der Waals surface area (Å²) in [5.74, 6) is 6.97. The van der Waals surface area contributed by atoms with Gasteiger partial charge in [0.2, 0.25) is 0 Å². The van der Waals surface area contributed by atoms with E-state index < -0.39 is 0 Å². The van der Waals surface area contributed by atoms with Crippen LogP contribution in [0.25, 0.3) is 0 Å². The third kappa shape index (κ3) is 4.15. The lowest BCUT2D eigenvalue weighted by Gasteiger charge is -2.33. The number of rotatable bonds is 5. The first-order valence-corrected chi connectivity index (χ1v) is 8.20. The first-order valence-electron chi connectivity index (χ1n) is 8.20. The van der Waals surface area contributed by atoms with Crippen LogP contribution in [-0.2, 0) is 6.54 Å². The van der Waals surface area contributed by atoms with Gasteiger partial charge >= 0.3 is 0 Å². The molecule has 2 aliphatic rings. The highest BCUT2D eigenvalue weighted by Crippen LogP contribution is 2.21. The molecule has 3 N–H and O–H groups in total. The molecule has 21 heavy (non-hydrogen) atoms. The highest BCUT2D eigenvalue weighted by atomic mass is 15.2. The van der Waals surface area contributed by atoms with Gasteiger partial charge < -0.3 is 10.3 Å². The summed E-state index contributed by atoms with van der Waals surface area (Å²) in [6.07, 6.45) is 7.41. The number of nitrogens with one attached hydrogen (secondary N) is 1. The van der Waals surface area contributed by atoms with E-state index in [9.17, 15) is 0 Å². The van der Waals surface area contributed by atoms with E-state index in [1.54, 1.807) is 0 Å². The third-order valence-corrected chi connectivity index (χ3v) is 4.80. The molecule has 0 radical (unpaired) electrons. The van der Waals surface area contributed by atoms with E-state index in [4.69, 9.17) is 5.84 Å². The van der Waals surface area contributed by atoms with E-state index in [1.807, 2.05) is 12.3 Å². The summed E-state index contributed by atoms with van der Waals surface area (Å²) in [5.41, 5.74) is 3.84. The van der Waals surface area contributed by atoms with Crippen LogP contribution in [0, 0.1) is 5.92 Å². The fraction of sp³-hybridized carbons (Fsp3) is 0.688. The van der Waals surface area contributed by atoms with Gasteiger partial charge in [-0.2, -0.15) is 0 Å². The Morgan fingerprint density at radius 3 is 2.48 bits per heavy atom. The number of likely N-dealkylation sites (tertiary alicyclic amines) is 2. The topological polar surface area (TPSA) is 57.4 Å². The van der Waals surface area contributed by atoms with Crippen LogP contribution < -0.4 is 11.3 Å². The van der Waals surface area contributed by atoms with Gasteiger partial charge in [-0.25, -0.2) is 10.8 Å². The Bertz CT molecular complexity index is 419. The molecule has 116 valence electrons. The van der Waals surface area contributed by atoms with Crippen LogP contribution in [0.5, 0.6) is 0 Å². The number of piperidine rings is 1. The smallest absolute Gasteiger partial charge is 0.139 e. The Balaban J connectivity index is 1.42.